The van der Waals surface area contributed by atoms with Gasteiger partial charge in [-0.2, -0.15) is 0 Å². The van der Waals surface area contributed by atoms with Gasteiger partial charge in [0.1, 0.15) is 29.4 Å². The van der Waals surface area contributed by atoms with E-state index in [1.165, 1.54) is 18.3 Å². The number of hydrogen-bond acceptors (Lipinski definition) is 6. The molecule has 0 aliphatic carbocycles. The summed E-state index contributed by atoms with van der Waals surface area (Å²) in [6.07, 6.45) is 4.85. The lowest BCUT2D eigenvalue weighted by molar-refractivity contribution is 0.0869. The minimum atomic E-state index is -0.728. The van der Waals surface area contributed by atoms with Crippen LogP contribution in [0.15, 0.2) is 55.1 Å². The summed E-state index contributed by atoms with van der Waals surface area (Å²) in [4.78, 5) is 21.1. The predicted octanol–water partition coefficient (Wildman–Crippen LogP) is 2.46. The van der Waals surface area contributed by atoms with E-state index in [0.29, 0.717) is 34.2 Å². The average Bonchev–Trinajstić information content (AvgIpc) is 3.41. The molecule has 0 unspecified atom stereocenters. The first-order valence-electron chi connectivity index (χ1n) is 9.90. The van der Waals surface area contributed by atoms with Gasteiger partial charge in [0.25, 0.3) is 5.91 Å². The van der Waals surface area contributed by atoms with Crippen molar-refractivity contribution < 1.29 is 14.3 Å². The van der Waals surface area contributed by atoms with Crippen LogP contribution in [0.4, 0.5) is 4.39 Å². The first kappa shape index (κ1) is 21.3. The summed E-state index contributed by atoms with van der Waals surface area (Å²) in [6, 6.07) is 9.31. The second kappa shape index (κ2) is 8.31. The van der Waals surface area contributed by atoms with E-state index < -0.39 is 5.54 Å². The molecule has 1 amide bonds. The molecule has 32 heavy (non-hydrogen) atoms. The smallest absolute Gasteiger partial charge is 0.253 e. The Labute approximate surface area is 183 Å². The fourth-order valence-corrected chi connectivity index (χ4v) is 3.08. The van der Waals surface area contributed by atoms with Crippen molar-refractivity contribution in [1.82, 2.24) is 34.8 Å². The number of aliphatic hydroxyl groups excluding tert-OH is 1. The van der Waals surface area contributed by atoms with Crippen molar-refractivity contribution in [1.29, 1.82) is 0 Å². The third-order valence-electron chi connectivity index (χ3n) is 4.86. The van der Waals surface area contributed by atoms with Gasteiger partial charge in [-0.25, -0.2) is 19.0 Å². The summed E-state index contributed by atoms with van der Waals surface area (Å²) in [5.74, 6) is -0.0842. The van der Waals surface area contributed by atoms with Gasteiger partial charge >= 0.3 is 0 Å². The predicted molar refractivity (Wildman–Crippen MR) is 115 cm³/mol. The van der Waals surface area contributed by atoms with E-state index in [1.54, 1.807) is 59.9 Å². The Morgan fingerprint density at radius 2 is 1.91 bits per heavy atom. The Balaban J connectivity index is 1.60. The molecule has 0 spiro atoms. The number of rotatable bonds is 6. The molecule has 1 aromatic carbocycles. The first-order chi connectivity index (χ1) is 15.3. The molecule has 0 aliphatic heterocycles. The van der Waals surface area contributed by atoms with Gasteiger partial charge in [0.2, 0.25) is 0 Å². The number of aryl methyl sites for hydroxylation is 1. The molecule has 2 N–H and O–H groups in total. The van der Waals surface area contributed by atoms with Crippen molar-refractivity contribution in [2.75, 3.05) is 6.61 Å². The molecule has 0 bridgehead atoms. The number of halogens is 1. The van der Waals surface area contributed by atoms with Crippen LogP contribution in [-0.2, 0) is 0 Å². The van der Waals surface area contributed by atoms with E-state index in [4.69, 9.17) is 0 Å². The number of imidazole rings is 1. The maximum absolute atomic E-state index is 13.3. The van der Waals surface area contributed by atoms with Crippen molar-refractivity contribution in [3.8, 4) is 22.9 Å². The van der Waals surface area contributed by atoms with Gasteiger partial charge in [-0.05, 0) is 57.2 Å². The van der Waals surface area contributed by atoms with Crippen LogP contribution in [0.3, 0.4) is 0 Å². The zero-order chi connectivity index (χ0) is 22.9. The lowest BCUT2D eigenvalue weighted by Crippen LogP contribution is -2.46. The number of benzene rings is 1. The highest BCUT2D eigenvalue weighted by molar-refractivity contribution is 5.94. The normalized spacial score (nSPS) is 11.5. The molecular weight excluding hydrogens is 413 g/mol. The monoisotopic (exact) mass is 435 g/mol. The molecule has 3 aromatic heterocycles. The minimum Gasteiger partial charge on any atom is -0.394 e. The highest BCUT2D eigenvalue weighted by atomic mass is 19.1. The molecular formula is C22H22FN7O2. The van der Waals surface area contributed by atoms with E-state index in [-0.39, 0.29) is 18.3 Å². The third-order valence-corrected chi connectivity index (χ3v) is 4.86. The molecule has 4 aromatic rings. The van der Waals surface area contributed by atoms with Crippen LogP contribution in [-0.4, -0.2) is 52.7 Å². The number of carbonyl (C=O) groups excluding carboxylic acids is 1. The molecule has 10 heteroatoms. The largest absolute Gasteiger partial charge is 0.394 e. The fraction of sp³-hybridized carbons (Fsp3) is 0.227. The Hall–Kier alpha value is -3.92. The molecule has 9 nitrogen and oxygen atoms in total. The molecule has 0 atom stereocenters. The molecule has 0 saturated heterocycles. The summed E-state index contributed by atoms with van der Waals surface area (Å²) in [5.41, 5.74) is 2.28. The van der Waals surface area contributed by atoms with E-state index >= 15 is 0 Å². The minimum absolute atomic E-state index is 0.176. The van der Waals surface area contributed by atoms with Gasteiger partial charge in [0.15, 0.2) is 0 Å². The molecule has 164 valence electrons. The quantitative estimate of drug-likeness (QED) is 0.481. The molecule has 4 rings (SSSR count). The van der Waals surface area contributed by atoms with Crippen molar-refractivity contribution in [3.63, 3.8) is 0 Å². The van der Waals surface area contributed by atoms with Gasteiger partial charge in [-0.3, -0.25) is 9.36 Å². The van der Waals surface area contributed by atoms with Crippen LogP contribution in [0, 0.1) is 12.7 Å². The first-order valence-corrected chi connectivity index (χ1v) is 9.90. The van der Waals surface area contributed by atoms with Crippen molar-refractivity contribution in [2.45, 2.75) is 26.3 Å². The van der Waals surface area contributed by atoms with Crippen molar-refractivity contribution in [2.24, 2.45) is 0 Å². The van der Waals surface area contributed by atoms with Crippen LogP contribution in [0.5, 0.6) is 0 Å². The van der Waals surface area contributed by atoms with Crippen molar-refractivity contribution in [3.05, 3.63) is 72.2 Å². The molecule has 3 heterocycles. The van der Waals surface area contributed by atoms with E-state index in [0.717, 1.165) is 0 Å². The van der Waals surface area contributed by atoms with Gasteiger partial charge in [0, 0.05) is 12.4 Å². The Morgan fingerprint density at radius 3 is 2.56 bits per heavy atom. The van der Waals surface area contributed by atoms with Crippen molar-refractivity contribution >= 4 is 5.91 Å². The Bertz CT molecular complexity index is 1240. The zero-order valence-corrected chi connectivity index (χ0v) is 17.8. The lowest BCUT2D eigenvalue weighted by Gasteiger charge is -2.23. The van der Waals surface area contributed by atoms with Crippen LogP contribution >= 0.6 is 0 Å². The number of carbonyl (C=O) groups is 1. The molecule has 0 saturated carbocycles. The Kier molecular flexibility index (Phi) is 5.54. The molecule has 0 fully saturated rings. The van der Waals surface area contributed by atoms with Crippen LogP contribution in [0.25, 0.3) is 22.9 Å². The van der Waals surface area contributed by atoms with Gasteiger partial charge < -0.3 is 10.4 Å². The highest BCUT2D eigenvalue weighted by Gasteiger charge is 2.20. The summed E-state index contributed by atoms with van der Waals surface area (Å²) < 4.78 is 16.6. The fourth-order valence-electron chi connectivity index (χ4n) is 3.08. The standard InChI is InChI=1S/C22H22FN7O2/c1-14-20(30(28-27-14)17-7-5-16(23)6-8-17)18-11-29(13-25-18)19-9-4-15(10-24-19)21(32)26-22(2,3)12-31/h4-11,13,31H,12H2,1-3H3,(H,26,32). The topological polar surface area (TPSA) is 111 Å². The van der Waals surface area contributed by atoms with Gasteiger partial charge in [0.05, 0.1) is 29.1 Å². The summed E-state index contributed by atoms with van der Waals surface area (Å²) >= 11 is 0. The number of pyridine rings is 1. The second-order valence-corrected chi connectivity index (χ2v) is 7.98. The zero-order valence-electron chi connectivity index (χ0n) is 17.8. The van der Waals surface area contributed by atoms with Crippen LogP contribution in [0.2, 0.25) is 0 Å². The second-order valence-electron chi connectivity index (χ2n) is 7.98. The average molecular weight is 435 g/mol. The maximum atomic E-state index is 13.3. The number of hydrogen-bond donors (Lipinski definition) is 2. The molecule has 0 radical (unpaired) electrons. The SMILES string of the molecule is Cc1nnn(-c2ccc(F)cc2)c1-c1cn(-c2ccc(C(=O)NC(C)(C)CO)cn2)cn1. The number of nitrogens with zero attached hydrogens (tertiary/aromatic N) is 6. The number of aromatic nitrogens is 6. The van der Waals surface area contributed by atoms with Crippen LogP contribution < -0.4 is 5.32 Å². The van der Waals surface area contributed by atoms with Gasteiger partial charge in [-0.15, -0.1) is 5.10 Å². The van der Waals surface area contributed by atoms with E-state index in [1.807, 2.05) is 6.92 Å². The number of aliphatic hydroxyl groups is 1. The summed E-state index contributed by atoms with van der Waals surface area (Å²) in [5, 5.41) is 20.4. The van der Waals surface area contributed by atoms with E-state index in [9.17, 15) is 14.3 Å². The maximum Gasteiger partial charge on any atom is 0.253 e. The number of amides is 1. The highest BCUT2D eigenvalue weighted by Crippen LogP contribution is 2.24. The van der Waals surface area contributed by atoms with Crippen LogP contribution in [0.1, 0.15) is 29.9 Å². The third kappa shape index (κ3) is 4.26. The van der Waals surface area contributed by atoms with E-state index in [2.05, 4.69) is 25.6 Å². The lowest BCUT2D eigenvalue weighted by atomic mass is 10.1. The van der Waals surface area contributed by atoms with Gasteiger partial charge in [-0.1, -0.05) is 5.21 Å². The summed E-state index contributed by atoms with van der Waals surface area (Å²) in [6.45, 7) is 5.10. The summed E-state index contributed by atoms with van der Waals surface area (Å²) in [7, 11) is 0. The number of nitrogens with one attached hydrogen (secondary N) is 1. The molecule has 0 aliphatic rings. The Morgan fingerprint density at radius 1 is 1.16 bits per heavy atom.